The van der Waals surface area contributed by atoms with Crippen LogP contribution in [0, 0.1) is 0 Å². The summed E-state index contributed by atoms with van der Waals surface area (Å²) in [5.74, 6) is 0.510. The molecule has 0 unspecified atom stereocenters. The van der Waals surface area contributed by atoms with Crippen LogP contribution in [0.4, 0.5) is 11.4 Å². The molecule has 1 aliphatic rings. The Bertz CT molecular complexity index is 1010. The van der Waals surface area contributed by atoms with Crippen molar-refractivity contribution in [1.82, 2.24) is 0 Å². The molecule has 3 aromatic carbocycles. The van der Waals surface area contributed by atoms with Crippen molar-refractivity contribution in [2.75, 3.05) is 10.2 Å². The Morgan fingerprint density at radius 1 is 0.933 bits per heavy atom. The van der Waals surface area contributed by atoms with Crippen molar-refractivity contribution in [1.29, 1.82) is 0 Å². The number of carbonyl (C=O) groups is 1. The second-order valence-corrected chi connectivity index (χ2v) is 8.36. The Hall–Kier alpha value is -3.07. The van der Waals surface area contributed by atoms with E-state index < -0.39 is 0 Å². The molecule has 0 bridgehead atoms. The highest BCUT2D eigenvalue weighted by Crippen LogP contribution is 2.37. The Labute approximate surface area is 179 Å². The smallest absolute Gasteiger partial charge is 0.262 e. The standard InChI is InChI=1S/C27H30N2O/c1-4-5-8-20-11-17-23(18-12-20)29-26(22-15-13-21(14-16-22)19(2)3)28-25-10-7-6-9-24(25)27(29)30/h6-7,9-19,26,28H,4-5,8H2,1-3H3/t26-/m0/s1. The molecule has 154 valence electrons. The zero-order valence-electron chi connectivity index (χ0n) is 18.1. The number of aryl methyl sites for hydroxylation is 1. The molecule has 30 heavy (non-hydrogen) atoms. The Kier molecular flexibility index (Phi) is 5.89. The number of rotatable bonds is 6. The van der Waals surface area contributed by atoms with Crippen LogP contribution in [0.15, 0.2) is 72.8 Å². The van der Waals surface area contributed by atoms with E-state index in [1.807, 2.05) is 29.2 Å². The van der Waals surface area contributed by atoms with Crippen molar-refractivity contribution in [2.24, 2.45) is 0 Å². The number of hydrogen-bond acceptors (Lipinski definition) is 2. The van der Waals surface area contributed by atoms with Crippen LogP contribution in [0.3, 0.4) is 0 Å². The minimum Gasteiger partial charge on any atom is -0.360 e. The van der Waals surface area contributed by atoms with E-state index in [2.05, 4.69) is 74.6 Å². The second-order valence-electron chi connectivity index (χ2n) is 8.36. The van der Waals surface area contributed by atoms with E-state index in [1.54, 1.807) is 0 Å². The number of benzene rings is 3. The van der Waals surface area contributed by atoms with Gasteiger partial charge in [0.05, 0.1) is 5.56 Å². The molecule has 0 saturated heterocycles. The number of nitrogens with zero attached hydrogens (tertiary/aromatic N) is 1. The summed E-state index contributed by atoms with van der Waals surface area (Å²) < 4.78 is 0. The average Bonchev–Trinajstić information content (AvgIpc) is 2.78. The number of hydrogen-bond donors (Lipinski definition) is 1. The third-order valence-electron chi connectivity index (χ3n) is 5.88. The fourth-order valence-electron chi connectivity index (χ4n) is 4.02. The molecule has 3 aromatic rings. The number of carbonyl (C=O) groups excluding carboxylic acids is 1. The lowest BCUT2D eigenvalue weighted by Crippen LogP contribution is -2.43. The second kappa shape index (κ2) is 8.74. The molecule has 0 spiro atoms. The van der Waals surface area contributed by atoms with Gasteiger partial charge in [-0.2, -0.15) is 0 Å². The van der Waals surface area contributed by atoms with E-state index in [0.29, 0.717) is 11.5 Å². The minimum atomic E-state index is -0.241. The number of amides is 1. The summed E-state index contributed by atoms with van der Waals surface area (Å²) in [7, 11) is 0. The summed E-state index contributed by atoms with van der Waals surface area (Å²) in [5.41, 5.74) is 6.21. The highest BCUT2D eigenvalue weighted by atomic mass is 16.2. The lowest BCUT2D eigenvalue weighted by molar-refractivity contribution is 0.0975. The van der Waals surface area contributed by atoms with Gasteiger partial charge in [-0.1, -0.05) is 75.7 Å². The van der Waals surface area contributed by atoms with Gasteiger partial charge in [0.1, 0.15) is 6.17 Å². The number of nitrogens with one attached hydrogen (secondary N) is 1. The van der Waals surface area contributed by atoms with Gasteiger partial charge in [0.15, 0.2) is 0 Å². The van der Waals surface area contributed by atoms with Gasteiger partial charge in [-0.3, -0.25) is 9.69 Å². The van der Waals surface area contributed by atoms with Gasteiger partial charge >= 0.3 is 0 Å². The average molecular weight is 399 g/mol. The lowest BCUT2D eigenvalue weighted by atomic mass is 9.98. The fourth-order valence-corrected chi connectivity index (χ4v) is 4.02. The maximum atomic E-state index is 13.5. The quantitative estimate of drug-likeness (QED) is 0.488. The first kappa shape index (κ1) is 20.2. The van der Waals surface area contributed by atoms with E-state index in [-0.39, 0.29) is 12.1 Å². The van der Waals surface area contributed by atoms with Crippen LogP contribution in [0.1, 0.15) is 72.7 Å². The predicted molar refractivity (Wildman–Crippen MR) is 125 cm³/mol. The van der Waals surface area contributed by atoms with Crippen molar-refractivity contribution >= 4 is 17.3 Å². The summed E-state index contributed by atoms with van der Waals surface area (Å²) in [4.78, 5) is 15.4. The largest absolute Gasteiger partial charge is 0.360 e. The first-order valence-corrected chi connectivity index (χ1v) is 11.0. The zero-order chi connectivity index (χ0) is 21.1. The Balaban J connectivity index is 1.73. The van der Waals surface area contributed by atoms with Gasteiger partial charge in [0.25, 0.3) is 5.91 Å². The Morgan fingerprint density at radius 2 is 1.63 bits per heavy atom. The summed E-state index contributed by atoms with van der Waals surface area (Å²) in [6, 6.07) is 24.8. The van der Waals surface area contributed by atoms with Crippen LogP contribution >= 0.6 is 0 Å². The molecule has 0 saturated carbocycles. The van der Waals surface area contributed by atoms with E-state index in [9.17, 15) is 4.79 Å². The first-order chi connectivity index (χ1) is 14.6. The van der Waals surface area contributed by atoms with Gasteiger partial charge in [0.2, 0.25) is 0 Å². The van der Waals surface area contributed by atoms with Gasteiger partial charge in [-0.05, 0) is 59.7 Å². The molecule has 4 rings (SSSR count). The van der Waals surface area contributed by atoms with E-state index in [1.165, 1.54) is 24.0 Å². The van der Waals surface area contributed by atoms with E-state index in [4.69, 9.17) is 0 Å². The molecule has 1 N–H and O–H groups in total. The van der Waals surface area contributed by atoms with E-state index >= 15 is 0 Å². The fraction of sp³-hybridized carbons (Fsp3) is 0.296. The number of para-hydroxylation sites is 1. The third-order valence-corrected chi connectivity index (χ3v) is 5.88. The van der Waals surface area contributed by atoms with Crippen LogP contribution in [-0.4, -0.2) is 5.91 Å². The number of unbranched alkanes of at least 4 members (excludes halogenated alkanes) is 1. The molecule has 0 aromatic heterocycles. The summed E-state index contributed by atoms with van der Waals surface area (Å²) in [6.07, 6.45) is 3.20. The molecule has 3 nitrogen and oxygen atoms in total. The van der Waals surface area contributed by atoms with Crippen LogP contribution in [0.2, 0.25) is 0 Å². The van der Waals surface area contributed by atoms with Crippen molar-refractivity contribution in [3.05, 3.63) is 95.1 Å². The SMILES string of the molecule is CCCCc1ccc(N2C(=O)c3ccccc3N[C@@H]2c2ccc(C(C)C)cc2)cc1. The molecule has 1 amide bonds. The predicted octanol–water partition coefficient (Wildman–Crippen LogP) is 6.92. The third kappa shape index (κ3) is 3.97. The van der Waals surface area contributed by atoms with Crippen molar-refractivity contribution in [2.45, 2.75) is 52.1 Å². The van der Waals surface area contributed by atoms with Gasteiger partial charge in [-0.15, -0.1) is 0 Å². The molecular weight excluding hydrogens is 368 g/mol. The molecule has 1 aliphatic heterocycles. The molecule has 0 radical (unpaired) electrons. The van der Waals surface area contributed by atoms with Crippen LogP contribution < -0.4 is 10.2 Å². The highest BCUT2D eigenvalue weighted by Gasteiger charge is 2.33. The van der Waals surface area contributed by atoms with Crippen molar-refractivity contribution in [3.63, 3.8) is 0 Å². The summed E-state index contributed by atoms with van der Waals surface area (Å²) >= 11 is 0. The highest BCUT2D eigenvalue weighted by molar-refractivity contribution is 6.12. The lowest BCUT2D eigenvalue weighted by Gasteiger charge is -2.38. The normalized spacial score (nSPS) is 15.8. The van der Waals surface area contributed by atoms with Gasteiger partial charge < -0.3 is 5.32 Å². The molecule has 0 fully saturated rings. The van der Waals surface area contributed by atoms with Crippen LogP contribution in [0.5, 0.6) is 0 Å². The van der Waals surface area contributed by atoms with Gasteiger partial charge in [-0.25, -0.2) is 0 Å². The minimum absolute atomic E-state index is 0.0311. The first-order valence-electron chi connectivity index (χ1n) is 11.0. The number of anilines is 2. The maximum absolute atomic E-state index is 13.5. The van der Waals surface area contributed by atoms with Crippen LogP contribution in [-0.2, 0) is 6.42 Å². The Morgan fingerprint density at radius 3 is 2.30 bits per heavy atom. The van der Waals surface area contributed by atoms with Crippen LogP contribution in [0.25, 0.3) is 0 Å². The van der Waals surface area contributed by atoms with Crippen molar-refractivity contribution < 1.29 is 4.79 Å². The monoisotopic (exact) mass is 398 g/mol. The number of fused-ring (bicyclic) bond motifs is 1. The summed E-state index contributed by atoms with van der Waals surface area (Å²) in [5, 5.41) is 3.59. The molecule has 1 atom stereocenters. The molecular formula is C27H30N2O. The van der Waals surface area contributed by atoms with Gasteiger partial charge in [0, 0.05) is 11.4 Å². The molecule has 0 aliphatic carbocycles. The van der Waals surface area contributed by atoms with E-state index in [0.717, 1.165) is 23.4 Å². The summed E-state index contributed by atoms with van der Waals surface area (Å²) in [6.45, 7) is 6.60. The zero-order valence-corrected chi connectivity index (χ0v) is 18.1. The maximum Gasteiger partial charge on any atom is 0.262 e. The molecule has 1 heterocycles. The molecule has 3 heteroatoms. The van der Waals surface area contributed by atoms with Crippen molar-refractivity contribution in [3.8, 4) is 0 Å². The topological polar surface area (TPSA) is 32.3 Å².